The molecule has 4 rings (SSSR count). The van der Waals surface area contributed by atoms with Crippen LogP contribution in [0.4, 0.5) is 0 Å². The van der Waals surface area contributed by atoms with Gasteiger partial charge in [0.25, 0.3) is 0 Å². The van der Waals surface area contributed by atoms with Gasteiger partial charge in [-0.15, -0.1) is 0 Å². The van der Waals surface area contributed by atoms with Crippen LogP contribution < -0.4 is 5.43 Å². The van der Waals surface area contributed by atoms with Crippen LogP contribution in [-0.2, 0) is 13.1 Å². The molecule has 162 valence electrons. The van der Waals surface area contributed by atoms with Crippen molar-refractivity contribution in [2.75, 3.05) is 0 Å². The fourth-order valence-electron chi connectivity index (χ4n) is 3.63. The highest BCUT2D eigenvalue weighted by Gasteiger charge is 2.22. The lowest BCUT2D eigenvalue weighted by molar-refractivity contribution is 0.0695. The number of pyridine rings is 2. The zero-order valence-corrected chi connectivity index (χ0v) is 18.5. The van der Waals surface area contributed by atoms with Gasteiger partial charge in [0.05, 0.1) is 28.0 Å². The Hall–Kier alpha value is -3.42. The summed E-state index contributed by atoms with van der Waals surface area (Å²) in [7, 11) is 0. The molecule has 32 heavy (non-hydrogen) atoms. The Morgan fingerprint density at radius 1 is 1.03 bits per heavy atom. The van der Waals surface area contributed by atoms with Crippen molar-refractivity contribution in [2.24, 2.45) is 0 Å². The Morgan fingerprint density at radius 3 is 2.44 bits per heavy atom. The van der Waals surface area contributed by atoms with Crippen LogP contribution in [-0.4, -0.2) is 30.4 Å². The van der Waals surface area contributed by atoms with E-state index in [-0.39, 0.29) is 22.8 Å². The number of nitrogens with zero attached hydrogens (tertiary/aromatic N) is 4. The van der Waals surface area contributed by atoms with Crippen molar-refractivity contribution in [1.29, 1.82) is 0 Å². The van der Waals surface area contributed by atoms with Gasteiger partial charge in [-0.3, -0.25) is 14.5 Å². The molecule has 0 saturated heterocycles. The average Bonchev–Trinajstić information content (AvgIpc) is 3.24. The van der Waals surface area contributed by atoms with E-state index < -0.39 is 11.4 Å². The molecule has 0 aliphatic heterocycles. The Morgan fingerprint density at radius 2 is 1.78 bits per heavy atom. The average molecular weight is 469 g/mol. The van der Waals surface area contributed by atoms with E-state index in [0.29, 0.717) is 22.8 Å². The molecule has 7 nitrogen and oxygen atoms in total. The van der Waals surface area contributed by atoms with Crippen LogP contribution in [0.15, 0.2) is 65.8 Å². The summed E-state index contributed by atoms with van der Waals surface area (Å²) in [6, 6.07) is 11.7. The molecule has 1 aromatic carbocycles. The van der Waals surface area contributed by atoms with Crippen molar-refractivity contribution >= 4 is 29.2 Å². The van der Waals surface area contributed by atoms with Crippen LogP contribution >= 0.6 is 23.2 Å². The molecular formula is C23H18Cl2N4O3. The van der Waals surface area contributed by atoms with Crippen LogP contribution in [0.1, 0.15) is 23.0 Å². The molecule has 3 aromatic heterocycles. The van der Waals surface area contributed by atoms with Gasteiger partial charge in [-0.2, -0.15) is 5.10 Å². The SMILES string of the molecule is CCn1c(Cn2ccc(-c3ccncc3)n2)cc(=O)c(C(=O)O)c1-c1ccc(Cl)c(Cl)c1. The molecule has 1 N–H and O–H groups in total. The fraction of sp³-hybridized carbons (Fsp3) is 0.130. The van der Waals surface area contributed by atoms with E-state index in [2.05, 4.69) is 10.1 Å². The predicted molar refractivity (Wildman–Crippen MR) is 123 cm³/mol. The molecule has 0 aliphatic carbocycles. The molecule has 0 aliphatic rings. The van der Waals surface area contributed by atoms with E-state index >= 15 is 0 Å². The van der Waals surface area contributed by atoms with E-state index in [1.165, 1.54) is 6.07 Å². The topological polar surface area (TPSA) is 90.0 Å². The molecular weight excluding hydrogens is 451 g/mol. The van der Waals surface area contributed by atoms with Crippen molar-refractivity contribution in [3.63, 3.8) is 0 Å². The zero-order chi connectivity index (χ0) is 22.8. The van der Waals surface area contributed by atoms with E-state index in [9.17, 15) is 14.7 Å². The number of carboxylic acid groups (broad SMARTS) is 1. The minimum Gasteiger partial charge on any atom is -0.477 e. The summed E-state index contributed by atoms with van der Waals surface area (Å²) in [4.78, 5) is 28.8. The standard InChI is InChI=1S/C23H18Cl2N4O3/c1-2-29-16(13-28-10-7-19(27-28)14-5-8-26-9-6-14)12-20(30)21(23(31)32)22(29)15-3-4-17(24)18(25)11-15/h3-12H,2,13H2,1H3,(H,31,32). The van der Waals surface area contributed by atoms with Crippen LogP contribution in [0.25, 0.3) is 22.5 Å². The quantitative estimate of drug-likeness (QED) is 0.436. The summed E-state index contributed by atoms with van der Waals surface area (Å²) in [6.07, 6.45) is 5.19. The highest BCUT2D eigenvalue weighted by atomic mass is 35.5. The third-order valence-corrected chi connectivity index (χ3v) is 5.80. The van der Waals surface area contributed by atoms with Gasteiger partial charge in [-0.05, 0) is 37.3 Å². The number of halogens is 2. The van der Waals surface area contributed by atoms with E-state index in [0.717, 1.165) is 11.3 Å². The first kappa shape index (κ1) is 21.8. The molecule has 0 atom stereocenters. The molecule has 0 fully saturated rings. The Balaban J connectivity index is 1.84. The zero-order valence-electron chi connectivity index (χ0n) is 17.0. The van der Waals surface area contributed by atoms with E-state index in [1.54, 1.807) is 39.8 Å². The van der Waals surface area contributed by atoms with Gasteiger partial charge < -0.3 is 9.67 Å². The lowest BCUT2D eigenvalue weighted by Gasteiger charge is -2.20. The lowest BCUT2D eigenvalue weighted by atomic mass is 10.0. The summed E-state index contributed by atoms with van der Waals surface area (Å²) in [5, 5.41) is 15.0. The number of aromatic nitrogens is 4. The molecule has 0 bridgehead atoms. The van der Waals surface area contributed by atoms with E-state index in [4.69, 9.17) is 23.2 Å². The molecule has 3 heterocycles. The van der Waals surface area contributed by atoms with Gasteiger partial charge in [0.15, 0.2) is 5.43 Å². The van der Waals surface area contributed by atoms with Gasteiger partial charge in [0.2, 0.25) is 0 Å². The second kappa shape index (κ2) is 8.98. The molecule has 9 heteroatoms. The minimum atomic E-state index is -1.30. The summed E-state index contributed by atoms with van der Waals surface area (Å²) in [5.74, 6) is -1.30. The van der Waals surface area contributed by atoms with Crippen molar-refractivity contribution in [2.45, 2.75) is 20.0 Å². The van der Waals surface area contributed by atoms with E-state index in [1.807, 2.05) is 31.3 Å². The molecule has 0 spiro atoms. The minimum absolute atomic E-state index is 0.273. The number of carbonyl (C=O) groups is 1. The Labute approximate surface area is 193 Å². The molecule has 0 saturated carbocycles. The number of carboxylic acids is 1. The Kier molecular flexibility index (Phi) is 6.12. The normalized spacial score (nSPS) is 11.0. The number of hydrogen-bond acceptors (Lipinski definition) is 4. The van der Waals surface area contributed by atoms with Crippen molar-refractivity contribution in [3.05, 3.63) is 92.6 Å². The van der Waals surface area contributed by atoms with Gasteiger partial charge >= 0.3 is 5.97 Å². The summed E-state index contributed by atoms with van der Waals surface area (Å²) < 4.78 is 3.49. The van der Waals surface area contributed by atoms with Crippen molar-refractivity contribution in [3.8, 4) is 22.5 Å². The summed E-state index contributed by atoms with van der Waals surface area (Å²) in [5.41, 5.74) is 2.19. The first-order valence-electron chi connectivity index (χ1n) is 9.78. The molecule has 0 amide bonds. The molecule has 0 unspecified atom stereocenters. The van der Waals surface area contributed by atoms with Crippen LogP contribution in [0.2, 0.25) is 10.0 Å². The maximum atomic E-state index is 12.8. The molecule has 4 aromatic rings. The van der Waals surface area contributed by atoms with Crippen LogP contribution in [0.3, 0.4) is 0 Å². The maximum absolute atomic E-state index is 12.8. The monoisotopic (exact) mass is 468 g/mol. The van der Waals surface area contributed by atoms with Gasteiger partial charge in [0, 0.05) is 48.0 Å². The summed E-state index contributed by atoms with van der Waals surface area (Å²) in [6.45, 7) is 2.60. The third-order valence-electron chi connectivity index (χ3n) is 5.06. The van der Waals surface area contributed by atoms with Crippen LogP contribution in [0.5, 0.6) is 0 Å². The third kappa shape index (κ3) is 4.17. The molecule has 0 radical (unpaired) electrons. The van der Waals surface area contributed by atoms with Gasteiger partial charge in [-0.1, -0.05) is 29.3 Å². The smallest absolute Gasteiger partial charge is 0.341 e. The number of rotatable bonds is 6. The summed E-state index contributed by atoms with van der Waals surface area (Å²) >= 11 is 12.2. The van der Waals surface area contributed by atoms with Crippen molar-refractivity contribution in [1.82, 2.24) is 19.3 Å². The number of hydrogen-bond donors (Lipinski definition) is 1. The number of aromatic carboxylic acids is 1. The van der Waals surface area contributed by atoms with Crippen LogP contribution in [0, 0.1) is 0 Å². The predicted octanol–water partition coefficient (Wildman–Crippen LogP) is 4.85. The first-order valence-corrected chi connectivity index (χ1v) is 10.5. The van der Waals surface area contributed by atoms with Gasteiger partial charge in [0.1, 0.15) is 5.56 Å². The highest BCUT2D eigenvalue weighted by Crippen LogP contribution is 2.30. The fourth-order valence-corrected chi connectivity index (χ4v) is 3.93. The second-order valence-electron chi connectivity index (χ2n) is 7.04. The largest absolute Gasteiger partial charge is 0.477 e. The highest BCUT2D eigenvalue weighted by molar-refractivity contribution is 6.42. The Bertz CT molecular complexity index is 1360. The maximum Gasteiger partial charge on any atom is 0.341 e. The number of benzene rings is 1. The lowest BCUT2D eigenvalue weighted by Crippen LogP contribution is -2.24. The second-order valence-corrected chi connectivity index (χ2v) is 7.85. The van der Waals surface area contributed by atoms with Gasteiger partial charge in [-0.25, -0.2) is 4.79 Å². The van der Waals surface area contributed by atoms with Crippen molar-refractivity contribution < 1.29 is 9.90 Å². The first-order chi connectivity index (χ1) is 15.4.